The predicted molar refractivity (Wildman–Crippen MR) is 76.3 cm³/mol. The molecule has 1 fully saturated rings. The van der Waals surface area contributed by atoms with E-state index in [0.29, 0.717) is 29.6 Å². The molecule has 0 atom stereocenters. The van der Waals surface area contributed by atoms with E-state index < -0.39 is 0 Å². The molecule has 0 unspecified atom stereocenters. The van der Waals surface area contributed by atoms with Gasteiger partial charge in [0.05, 0.1) is 10.3 Å². The Morgan fingerprint density at radius 3 is 2.68 bits per heavy atom. The van der Waals surface area contributed by atoms with E-state index in [4.69, 9.17) is 5.73 Å². The first-order valence-corrected chi connectivity index (χ1v) is 6.78. The third kappa shape index (κ3) is 1.79. The summed E-state index contributed by atoms with van der Waals surface area (Å²) in [6.45, 7) is 8.83. The van der Waals surface area contributed by atoms with Crippen molar-refractivity contribution in [3.05, 3.63) is 28.4 Å². The molecule has 3 heterocycles. The number of nitrogens with two attached hydrogens (primary N) is 1. The number of aryl methyl sites for hydroxylation is 2. The van der Waals surface area contributed by atoms with E-state index in [1.165, 1.54) is 11.3 Å². The summed E-state index contributed by atoms with van der Waals surface area (Å²) in [6, 6.07) is 0. The molecule has 0 spiro atoms. The summed E-state index contributed by atoms with van der Waals surface area (Å²) in [6.07, 6.45) is 0. The minimum absolute atomic E-state index is 0.0324. The van der Waals surface area contributed by atoms with Gasteiger partial charge < -0.3 is 10.6 Å². The van der Waals surface area contributed by atoms with Crippen LogP contribution in [0.1, 0.15) is 21.1 Å². The van der Waals surface area contributed by atoms with Gasteiger partial charge in [0.15, 0.2) is 0 Å². The fourth-order valence-corrected chi connectivity index (χ4v) is 3.47. The molecule has 1 amide bonds. The highest BCUT2D eigenvalue weighted by atomic mass is 32.1. The Morgan fingerprint density at radius 1 is 1.37 bits per heavy atom. The molecular formula is C13H14N4OS. The standard InChI is InChI=1S/C13H14N4OS/c1-6-4-17(5-6)13(18)10-7(2)9-11(14)15-8(3)16-12(9)19-10/h1,4-5H2,2-3H3,(H2,14,15,16). The number of carbonyl (C=O) groups excluding carboxylic acids is 1. The molecular weight excluding hydrogens is 260 g/mol. The van der Waals surface area contributed by atoms with Crippen molar-refractivity contribution in [2.24, 2.45) is 0 Å². The summed E-state index contributed by atoms with van der Waals surface area (Å²) < 4.78 is 0. The quantitative estimate of drug-likeness (QED) is 0.806. The second kappa shape index (κ2) is 4.03. The van der Waals surface area contributed by atoms with Gasteiger partial charge >= 0.3 is 0 Å². The monoisotopic (exact) mass is 274 g/mol. The van der Waals surface area contributed by atoms with Gasteiger partial charge in [-0.25, -0.2) is 9.97 Å². The van der Waals surface area contributed by atoms with Crippen molar-refractivity contribution < 1.29 is 4.79 Å². The van der Waals surface area contributed by atoms with Crippen LogP contribution in [0, 0.1) is 13.8 Å². The molecule has 1 aliphatic rings. The van der Waals surface area contributed by atoms with Crippen LogP contribution in [0.15, 0.2) is 12.2 Å². The summed E-state index contributed by atoms with van der Waals surface area (Å²) in [4.78, 5) is 24.1. The maximum Gasteiger partial charge on any atom is 0.264 e. The number of aromatic nitrogens is 2. The van der Waals surface area contributed by atoms with Crippen LogP contribution < -0.4 is 5.73 Å². The Hall–Kier alpha value is -1.95. The van der Waals surface area contributed by atoms with E-state index in [0.717, 1.165) is 21.4 Å². The number of nitrogen functional groups attached to an aromatic ring is 1. The van der Waals surface area contributed by atoms with E-state index in [1.807, 2.05) is 6.92 Å². The maximum absolute atomic E-state index is 12.4. The fourth-order valence-electron chi connectivity index (χ4n) is 2.27. The van der Waals surface area contributed by atoms with Gasteiger partial charge in [0, 0.05) is 13.1 Å². The number of anilines is 1. The molecule has 0 aliphatic carbocycles. The summed E-state index contributed by atoms with van der Waals surface area (Å²) in [5, 5.41) is 0.804. The summed E-state index contributed by atoms with van der Waals surface area (Å²) in [5.74, 6) is 1.11. The van der Waals surface area contributed by atoms with Crippen LogP contribution in [0.25, 0.3) is 10.2 Å². The highest BCUT2D eigenvalue weighted by Crippen LogP contribution is 2.34. The van der Waals surface area contributed by atoms with Crippen LogP contribution in [0.2, 0.25) is 0 Å². The zero-order chi connectivity index (χ0) is 13.7. The van der Waals surface area contributed by atoms with E-state index in [-0.39, 0.29) is 5.91 Å². The molecule has 1 saturated heterocycles. The zero-order valence-corrected chi connectivity index (χ0v) is 11.7. The minimum atomic E-state index is 0.0324. The number of likely N-dealkylation sites (tertiary alicyclic amines) is 1. The number of fused-ring (bicyclic) bond motifs is 1. The highest BCUT2D eigenvalue weighted by Gasteiger charge is 2.28. The minimum Gasteiger partial charge on any atom is -0.383 e. The van der Waals surface area contributed by atoms with E-state index >= 15 is 0 Å². The number of carbonyl (C=O) groups is 1. The second-order valence-electron chi connectivity index (χ2n) is 4.80. The van der Waals surface area contributed by atoms with E-state index in [9.17, 15) is 4.79 Å². The Balaban J connectivity index is 2.10. The summed E-state index contributed by atoms with van der Waals surface area (Å²) in [7, 11) is 0. The lowest BCUT2D eigenvalue weighted by Crippen LogP contribution is -2.43. The molecule has 6 heteroatoms. The number of nitrogens with zero attached hydrogens (tertiary/aromatic N) is 3. The lowest BCUT2D eigenvalue weighted by Gasteiger charge is -2.33. The molecule has 0 bridgehead atoms. The van der Waals surface area contributed by atoms with Gasteiger partial charge in [0.25, 0.3) is 5.91 Å². The van der Waals surface area contributed by atoms with Gasteiger partial charge in [-0.3, -0.25) is 4.79 Å². The third-order valence-corrected chi connectivity index (χ3v) is 4.41. The Morgan fingerprint density at radius 2 is 2.05 bits per heavy atom. The van der Waals surface area contributed by atoms with Crippen molar-refractivity contribution in [2.45, 2.75) is 13.8 Å². The second-order valence-corrected chi connectivity index (χ2v) is 5.80. The van der Waals surface area contributed by atoms with E-state index in [2.05, 4.69) is 16.5 Å². The van der Waals surface area contributed by atoms with Crippen LogP contribution in [0.3, 0.4) is 0 Å². The van der Waals surface area contributed by atoms with Gasteiger partial charge in [-0.1, -0.05) is 6.58 Å². The molecule has 2 aromatic rings. The predicted octanol–water partition coefficient (Wildman–Crippen LogP) is 1.90. The van der Waals surface area contributed by atoms with Crippen LogP contribution in [-0.2, 0) is 0 Å². The SMILES string of the molecule is C=C1CN(C(=O)c2sc3nc(C)nc(N)c3c2C)C1. The molecule has 0 aromatic carbocycles. The Bertz CT molecular complexity index is 711. The first-order valence-electron chi connectivity index (χ1n) is 5.96. The third-order valence-electron chi connectivity index (χ3n) is 3.24. The van der Waals surface area contributed by atoms with Gasteiger partial charge in [-0.2, -0.15) is 0 Å². The fraction of sp³-hybridized carbons (Fsp3) is 0.308. The molecule has 5 nitrogen and oxygen atoms in total. The number of thiophene rings is 1. The van der Waals surface area contributed by atoms with Gasteiger partial charge in [-0.15, -0.1) is 11.3 Å². The molecule has 1 aliphatic heterocycles. The van der Waals surface area contributed by atoms with Crippen molar-refractivity contribution in [1.82, 2.24) is 14.9 Å². The van der Waals surface area contributed by atoms with Gasteiger partial charge in [0.2, 0.25) is 0 Å². The topological polar surface area (TPSA) is 72.1 Å². The number of rotatable bonds is 1. The Kier molecular flexibility index (Phi) is 2.56. The lowest BCUT2D eigenvalue weighted by atomic mass is 10.1. The summed E-state index contributed by atoms with van der Waals surface area (Å²) in [5.41, 5.74) is 7.89. The molecule has 2 aromatic heterocycles. The first-order chi connectivity index (χ1) is 8.97. The number of hydrogen-bond donors (Lipinski definition) is 1. The number of hydrogen-bond acceptors (Lipinski definition) is 5. The van der Waals surface area contributed by atoms with E-state index in [1.54, 1.807) is 11.8 Å². The van der Waals surface area contributed by atoms with Crippen LogP contribution in [0.5, 0.6) is 0 Å². The summed E-state index contributed by atoms with van der Waals surface area (Å²) >= 11 is 1.39. The van der Waals surface area contributed by atoms with Crippen LogP contribution in [0.4, 0.5) is 5.82 Å². The lowest BCUT2D eigenvalue weighted by molar-refractivity contribution is 0.0732. The molecule has 3 rings (SSSR count). The highest BCUT2D eigenvalue weighted by molar-refractivity contribution is 7.20. The number of amides is 1. The normalized spacial score (nSPS) is 14.8. The average molecular weight is 274 g/mol. The van der Waals surface area contributed by atoms with Gasteiger partial charge in [-0.05, 0) is 25.0 Å². The molecule has 19 heavy (non-hydrogen) atoms. The van der Waals surface area contributed by atoms with Crippen molar-refractivity contribution in [1.29, 1.82) is 0 Å². The molecule has 0 saturated carbocycles. The molecule has 0 radical (unpaired) electrons. The Labute approximate surface area is 114 Å². The van der Waals surface area contributed by atoms with Crippen LogP contribution >= 0.6 is 11.3 Å². The van der Waals surface area contributed by atoms with Crippen molar-refractivity contribution in [2.75, 3.05) is 18.8 Å². The van der Waals surface area contributed by atoms with Crippen molar-refractivity contribution in [3.63, 3.8) is 0 Å². The molecule has 98 valence electrons. The smallest absolute Gasteiger partial charge is 0.264 e. The largest absolute Gasteiger partial charge is 0.383 e. The maximum atomic E-state index is 12.4. The molecule has 2 N–H and O–H groups in total. The average Bonchev–Trinajstić information content (AvgIpc) is 2.61. The zero-order valence-electron chi connectivity index (χ0n) is 10.9. The van der Waals surface area contributed by atoms with Gasteiger partial charge in [0.1, 0.15) is 16.5 Å². The first kappa shape index (κ1) is 12.1. The van der Waals surface area contributed by atoms with Crippen LogP contribution in [-0.4, -0.2) is 33.9 Å². The van der Waals surface area contributed by atoms with Crippen molar-refractivity contribution >= 4 is 33.3 Å². The van der Waals surface area contributed by atoms with Crippen molar-refractivity contribution in [3.8, 4) is 0 Å².